The minimum atomic E-state index is -5.80. The van der Waals surface area contributed by atoms with Crippen LogP contribution in [-0.2, 0) is 31.6 Å². The highest BCUT2D eigenvalue weighted by Crippen LogP contribution is 2.66. The van der Waals surface area contributed by atoms with Gasteiger partial charge in [0.2, 0.25) is 11.6 Å². The molecule has 0 spiro atoms. The molecular weight excluding hydrogens is 496 g/mol. The highest BCUT2D eigenvalue weighted by molar-refractivity contribution is 7.66. The zero-order valence-electron chi connectivity index (χ0n) is 14.7. The number of alkyl halides is 1. The molecule has 0 bridgehead atoms. The van der Waals surface area contributed by atoms with Gasteiger partial charge in [0.25, 0.3) is 0 Å². The number of anilines is 1. The molecule has 6 atom stereocenters. The van der Waals surface area contributed by atoms with Gasteiger partial charge in [0, 0.05) is 0 Å². The Kier molecular flexibility index (Phi) is 7.25. The topological polar surface area (TPSA) is 263 Å². The lowest BCUT2D eigenvalue weighted by Crippen LogP contribution is -2.44. The second kappa shape index (κ2) is 8.75. The van der Waals surface area contributed by atoms with Crippen LogP contribution in [0, 0.1) is 12.3 Å². The molecule has 1 aromatic heterocycles. The molecular formula is C10H14FN4O13P3. The van der Waals surface area contributed by atoms with Gasteiger partial charge in [-0.25, -0.2) is 27.9 Å². The molecule has 1 aromatic rings. The van der Waals surface area contributed by atoms with Crippen molar-refractivity contribution in [2.45, 2.75) is 24.1 Å². The molecule has 0 aromatic carbocycles. The lowest BCUT2D eigenvalue weighted by molar-refractivity contribution is -0.0539. The summed E-state index contributed by atoms with van der Waals surface area (Å²) in [5, 5.41) is 10.1. The number of hydrogen-bond acceptors (Lipinski definition) is 12. The van der Waals surface area contributed by atoms with Gasteiger partial charge in [-0.2, -0.15) is 13.6 Å². The quantitative estimate of drug-likeness (QED) is 0.166. The van der Waals surface area contributed by atoms with Crippen LogP contribution in [0.4, 0.5) is 10.3 Å². The molecule has 0 aliphatic carbocycles. The highest BCUT2D eigenvalue weighted by Gasteiger charge is 2.58. The smallest absolute Gasteiger partial charge is 0.386 e. The largest absolute Gasteiger partial charge is 0.490 e. The van der Waals surface area contributed by atoms with Crippen molar-refractivity contribution in [3.63, 3.8) is 0 Å². The number of phosphoric ester groups is 1. The number of hydrogen-bond donors (Lipinski definition) is 6. The van der Waals surface area contributed by atoms with Gasteiger partial charge in [0.1, 0.15) is 18.5 Å². The van der Waals surface area contributed by atoms with Crippen LogP contribution >= 0.6 is 23.5 Å². The number of ether oxygens (including phenoxy) is 1. The summed E-state index contributed by atoms with van der Waals surface area (Å²) < 4.78 is 65.5. The Morgan fingerprint density at radius 3 is 2.42 bits per heavy atom. The highest BCUT2D eigenvalue weighted by atomic mass is 31.3. The van der Waals surface area contributed by atoms with Crippen molar-refractivity contribution in [1.82, 2.24) is 14.5 Å². The van der Waals surface area contributed by atoms with Crippen molar-refractivity contribution < 1.29 is 60.6 Å². The zero-order valence-corrected chi connectivity index (χ0v) is 17.4. The summed E-state index contributed by atoms with van der Waals surface area (Å²) >= 11 is 0. The van der Waals surface area contributed by atoms with Crippen LogP contribution in [0.1, 0.15) is 6.23 Å². The van der Waals surface area contributed by atoms with E-state index in [9.17, 15) is 28.5 Å². The first-order chi connectivity index (χ1) is 14.0. The van der Waals surface area contributed by atoms with Gasteiger partial charge in [-0.3, -0.25) is 9.09 Å². The average Bonchev–Trinajstić information content (AvgIpc) is 2.82. The van der Waals surface area contributed by atoms with Crippen molar-refractivity contribution in [1.29, 1.82) is 0 Å². The van der Waals surface area contributed by atoms with Crippen LogP contribution in [0.15, 0.2) is 11.1 Å². The number of nitrogen functional groups attached to an aromatic ring is 1. The zero-order chi connectivity index (χ0) is 23.8. The maximum atomic E-state index is 15.1. The summed E-state index contributed by atoms with van der Waals surface area (Å²) in [5.74, 6) is 1.11. The molecule has 31 heavy (non-hydrogen) atoms. The minimum absolute atomic E-state index is 0.435. The maximum absolute atomic E-state index is 15.1. The van der Waals surface area contributed by atoms with E-state index in [1.165, 1.54) is 0 Å². The number of rotatable bonds is 8. The molecule has 0 amide bonds. The van der Waals surface area contributed by atoms with Crippen molar-refractivity contribution in [3.05, 3.63) is 16.8 Å². The Morgan fingerprint density at radius 1 is 1.29 bits per heavy atom. The van der Waals surface area contributed by atoms with E-state index in [-0.39, 0.29) is 0 Å². The molecule has 7 N–H and O–H groups in total. The average molecular weight is 510 g/mol. The molecule has 0 radical (unpaired) electrons. The Morgan fingerprint density at radius 2 is 1.90 bits per heavy atom. The summed E-state index contributed by atoms with van der Waals surface area (Å²) in [7, 11) is -17.0. The van der Waals surface area contributed by atoms with E-state index in [2.05, 4.69) is 23.1 Å². The summed E-state index contributed by atoms with van der Waals surface area (Å²) in [4.78, 5) is 54.0. The molecule has 1 aliphatic rings. The number of nitrogens with zero attached hydrogens (tertiary/aromatic N) is 3. The molecule has 1 saturated heterocycles. The van der Waals surface area contributed by atoms with Gasteiger partial charge in [0.05, 0.1) is 6.61 Å². The SMILES string of the molecule is C#CC1(F)[C@@H](O)[C@@H](COP(=O)(O)OP(=O)(O)OP(=O)(O)O)O[C@H]1n1cnc(N)nc1=O. The van der Waals surface area contributed by atoms with Crippen LogP contribution in [0.25, 0.3) is 0 Å². The van der Waals surface area contributed by atoms with Crippen molar-refractivity contribution in [3.8, 4) is 12.3 Å². The first-order valence-corrected chi connectivity index (χ1v) is 12.0. The second-order valence-electron chi connectivity index (χ2n) is 5.68. The molecule has 21 heteroatoms. The first kappa shape index (κ1) is 25.7. The Labute approximate surface area is 171 Å². The van der Waals surface area contributed by atoms with Crippen molar-refractivity contribution >= 4 is 29.4 Å². The fourth-order valence-electron chi connectivity index (χ4n) is 2.30. The predicted octanol–water partition coefficient (Wildman–Crippen LogP) is -1.84. The minimum Gasteiger partial charge on any atom is -0.386 e. The number of halogens is 1. The van der Waals surface area contributed by atoms with Crippen LogP contribution in [0.2, 0.25) is 0 Å². The number of aliphatic hydroxyl groups excluding tert-OH is 1. The molecule has 17 nitrogen and oxygen atoms in total. The summed E-state index contributed by atoms with van der Waals surface area (Å²) in [6.07, 6.45) is -0.402. The number of aromatic nitrogens is 3. The Bertz CT molecular complexity index is 1090. The summed E-state index contributed by atoms with van der Waals surface area (Å²) in [5.41, 5.74) is 0.936. The molecule has 1 fully saturated rings. The fourth-order valence-corrected chi connectivity index (χ4v) is 5.33. The number of aliphatic hydroxyl groups is 1. The number of nitrogens with two attached hydrogens (primary N) is 1. The van der Waals surface area contributed by atoms with Gasteiger partial charge >= 0.3 is 29.2 Å². The third-order valence-electron chi connectivity index (χ3n) is 3.48. The van der Waals surface area contributed by atoms with Crippen LogP contribution in [-0.4, -0.2) is 63.7 Å². The monoisotopic (exact) mass is 510 g/mol. The molecule has 2 rings (SSSR count). The molecule has 174 valence electrons. The number of phosphoric acid groups is 3. The van der Waals surface area contributed by atoms with E-state index < -0.39 is 65.8 Å². The molecule has 3 unspecified atom stereocenters. The Hall–Kier alpha value is -1.57. The fraction of sp³-hybridized carbons (Fsp3) is 0.500. The Balaban J connectivity index is 2.18. The molecule has 0 saturated carbocycles. The first-order valence-electron chi connectivity index (χ1n) is 7.49. The maximum Gasteiger partial charge on any atom is 0.490 e. The third-order valence-corrected chi connectivity index (χ3v) is 7.29. The van der Waals surface area contributed by atoms with E-state index in [1.807, 2.05) is 0 Å². The molecule has 1 aliphatic heterocycles. The van der Waals surface area contributed by atoms with Gasteiger partial charge in [-0.05, 0) is 0 Å². The van der Waals surface area contributed by atoms with Crippen LogP contribution < -0.4 is 11.4 Å². The summed E-state index contributed by atoms with van der Waals surface area (Å²) in [6, 6.07) is 0. The van der Waals surface area contributed by atoms with Gasteiger partial charge in [-0.1, -0.05) is 5.92 Å². The van der Waals surface area contributed by atoms with E-state index in [4.69, 9.17) is 31.6 Å². The third kappa shape index (κ3) is 6.24. The van der Waals surface area contributed by atoms with Crippen molar-refractivity contribution in [2.75, 3.05) is 12.3 Å². The lowest BCUT2D eigenvalue weighted by Gasteiger charge is -2.23. The van der Waals surface area contributed by atoms with E-state index >= 15 is 4.39 Å². The van der Waals surface area contributed by atoms with Gasteiger partial charge in [-0.15, -0.1) is 6.42 Å². The van der Waals surface area contributed by atoms with Gasteiger partial charge < -0.3 is 35.2 Å². The summed E-state index contributed by atoms with van der Waals surface area (Å²) in [6.45, 7) is -1.22. The van der Waals surface area contributed by atoms with Crippen LogP contribution in [0.3, 0.4) is 0 Å². The van der Waals surface area contributed by atoms with Crippen molar-refractivity contribution in [2.24, 2.45) is 0 Å². The molecule has 2 heterocycles. The second-order valence-corrected chi connectivity index (χ2v) is 10.1. The number of terminal acetylenes is 1. The normalized spacial score (nSPS) is 30.3. The predicted molar refractivity (Wildman–Crippen MR) is 93.1 cm³/mol. The van der Waals surface area contributed by atoms with Crippen LogP contribution in [0.5, 0.6) is 0 Å². The standard InChI is InChI=1S/C10H14FN4O13P3/c1-2-10(11)6(16)5(26-7(10)15-4-13-8(12)14-9(15)17)3-25-30(21,22)28-31(23,24)27-29(18,19)20/h1,4-7,16H,3H2,(H,21,22)(H,23,24)(H2,12,14,17)(H2,18,19,20)/t5-,6+,7-,10?/m1/s1. The van der Waals surface area contributed by atoms with E-state index in [1.54, 1.807) is 5.92 Å². The van der Waals surface area contributed by atoms with E-state index in [0.29, 0.717) is 10.9 Å². The van der Waals surface area contributed by atoms with E-state index in [0.717, 1.165) is 0 Å². The van der Waals surface area contributed by atoms with Gasteiger partial charge in [0.15, 0.2) is 6.23 Å². The lowest BCUT2D eigenvalue weighted by atomic mass is 9.97.